The number of rotatable bonds is 14. The van der Waals surface area contributed by atoms with E-state index in [0.29, 0.717) is 0 Å². The van der Waals surface area contributed by atoms with Gasteiger partial charge in [0, 0.05) is 0 Å². The maximum atomic E-state index is 13.6. The first-order valence-electron chi connectivity index (χ1n) is 16.6. The quantitative estimate of drug-likeness (QED) is 0.107. The van der Waals surface area contributed by atoms with Crippen LogP contribution in [0.4, 0.5) is 0 Å². The van der Waals surface area contributed by atoms with Crippen LogP contribution in [0.25, 0.3) is 0 Å². The van der Waals surface area contributed by atoms with E-state index in [4.69, 9.17) is 40.6 Å². The molecule has 0 aliphatic carbocycles. The van der Waals surface area contributed by atoms with Crippen LogP contribution in [-0.4, -0.2) is 85.4 Å². The Morgan fingerprint density at radius 3 is 1.58 bits per heavy atom. The summed E-state index contributed by atoms with van der Waals surface area (Å²) in [6.45, 7) is 0.942. The van der Waals surface area contributed by atoms with Crippen molar-refractivity contribution in [1.29, 1.82) is 0 Å². The molecule has 274 valence electrons. The summed E-state index contributed by atoms with van der Waals surface area (Å²) >= 11 is 5.42. The van der Waals surface area contributed by atoms with Crippen LogP contribution in [-0.2, 0) is 33.2 Å². The lowest BCUT2D eigenvalue weighted by atomic mass is 10.0. The van der Waals surface area contributed by atoms with Gasteiger partial charge in [0.15, 0.2) is 29.7 Å². The van der Waals surface area contributed by atoms with E-state index in [0.717, 1.165) is 0 Å². The fourth-order valence-corrected chi connectivity index (χ4v) is 5.42. The van der Waals surface area contributed by atoms with E-state index in [-0.39, 0.29) is 40.5 Å². The van der Waals surface area contributed by atoms with Crippen molar-refractivity contribution in [2.75, 3.05) is 19.8 Å². The van der Waals surface area contributed by atoms with E-state index in [2.05, 4.69) is 10.6 Å². The molecule has 13 nitrogen and oxygen atoms in total. The van der Waals surface area contributed by atoms with Gasteiger partial charge in [-0.3, -0.25) is 4.79 Å². The number of carbonyl (C=O) groups is 5. The van der Waals surface area contributed by atoms with Gasteiger partial charge in [-0.25, -0.2) is 19.2 Å². The van der Waals surface area contributed by atoms with Crippen molar-refractivity contribution in [2.24, 2.45) is 0 Å². The Morgan fingerprint density at radius 1 is 0.642 bits per heavy atom. The Bertz CT molecular complexity index is 1860. The molecule has 5 rings (SSSR count). The molecule has 1 saturated heterocycles. The van der Waals surface area contributed by atoms with Crippen molar-refractivity contribution in [3.63, 3.8) is 0 Å². The first-order chi connectivity index (χ1) is 25.7. The minimum atomic E-state index is -1.48. The molecule has 1 fully saturated rings. The zero-order valence-electron chi connectivity index (χ0n) is 28.5. The Kier molecular flexibility index (Phi) is 13.6. The number of ether oxygens (including phenoxy) is 6. The summed E-state index contributed by atoms with van der Waals surface area (Å²) in [6, 6.07) is 32.3. The van der Waals surface area contributed by atoms with Gasteiger partial charge in [0.05, 0.1) is 28.9 Å². The number of thiocarbonyl (C=S) groups is 1. The largest absolute Gasteiger partial charge is 0.465 e. The van der Waals surface area contributed by atoms with Crippen molar-refractivity contribution in [2.45, 2.75) is 37.6 Å². The molecule has 0 aromatic heterocycles. The molecule has 53 heavy (non-hydrogen) atoms. The fraction of sp³-hybridized carbons (Fsp3) is 0.231. The van der Waals surface area contributed by atoms with E-state index in [1.54, 1.807) is 91.9 Å². The van der Waals surface area contributed by atoms with Gasteiger partial charge in [-0.05, 0) is 67.7 Å². The molecular formula is C39H36N2O11S. The predicted octanol–water partition coefficient (Wildman–Crippen LogP) is 4.27. The summed E-state index contributed by atoms with van der Waals surface area (Å²) in [5.74, 6) is -3.73. The second-order valence-electron chi connectivity index (χ2n) is 11.4. The number of nitrogens with one attached hydrogen (secondary N) is 2. The molecule has 4 aromatic carbocycles. The summed E-state index contributed by atoms with van der Waals surface area (Å²) < 4.78 is 34.8. The molecule has 0 unspecified atom stereocenters. The van der Waals surface area contributed by atoms with Crippen LogP contribution in [0.1, 0.15) is 48.4 Å². The van der Waals surface area contributed by atoms with Crippen molar-refractivity contribution in [1.82, 2.24) is 10.6 Å². The molecule has 4 aromatic rings. The van der Waals surface area contributed by atoms with Gasteiger partial charge in [0.1, 0.15) is 19.3 Å². The van der Waals surface area contributed by atoms with Gasteiger partial charge in [-0.1, -0.05) is 72.8 Å². The van der Waals surface area contributed by atoms with Crippen LogP contribution >= 0.6 is 12.2 Å². The fourth-order valence-electron chi connectivity index (χ4n) is 5.23. The summed E-state index contributed by atoms with van der Waals surface area (Å²) in [5.41, 5.74) is 0.742. The number of hydrogen-bond acceptors (Lipinski definition) is 12. The molecule has 0 spiro atoms. The number of esters is 5. The summed E-state index contributed by atoms with van der Waals surface area (Å²) in [6.07, 6.45) is -7.13. The normalized spacial score (nSPS) is 18.1. The lowest BCUT2D eigenvalue weighted by Crippen LogP contribution is -2.51. The minimum absolute atomic E-state index is 0.106. The lowest BCUT2D eigenvalue weighted by Gasteiger charge is -2.28. The highest BCUT2D eigenvalue weighted by Crippen LogP contribution is 2.31. The van der Waals surface area contributed by atoms with E-state index in [1.165, 1.54) is 36.4 Å². The molecule has 14 heteroatoms. The van der Waals surface area contributed by atoms with E-state index < -0.39 is 67.1 Å². The van der Waals surface area contributed by atoms with Crippen LogP contribution in [0.3, 0.4) is 0 Å². The van der Waals surface area contributed by atoms with E-state index in [9.17, 15) is 24.0 Å². The zero-order valence-corrected chi connectivity index (χ0v) is 29.3. The molecule has 2 N–H and O–H groups in total. The van der Waals surface area contributed by atoms with Gasteiger partial charge in [-0.2, -0.15) is 0 Å². The second kappa shape index (κ2) is 18.9. The van der Waals surface area contributed by atoms with Crippen LogP contribution in [0.5, 0.6) is 0 Å². The topological polar surface area (TPSA) is 165 Å². The Hall–Kier alpha value is -6.12. The smallest absolute Gasteiger partial charge is 0.338 e. The van der Waals surface area contributed by atoms with Gasteiger partial charge in [0.25, 0.3) is 0 Å². The van der Waals surface area contributed by atoms with Gasteiger partial charge in [-0.15, -0.1) is 0 Å². The van der Waals surface area contributed by atoms with E-state index >= 15 is 0 Å². The molecule has 1 aliphatic rings. The van der Waals surface area contributed by atoms with Crippen LogP contribution in [0.15, 0.2) is 121 Å². The van der Waals surface area contributed by atoms with Crippen LogP contribution in [0, 0.1) is 0 Å². The SMILES string of the molecule is CCOC(=O)CNC(=S)N[C@@H]1O[C@@H]([C@@H](COC(=O)c2ccccc2)OC(=O)c2ccccc2)[C@H](OC(=O)c2ccccc2)[C@H]1OC(=O)c1ccccc1. The molecule has 1 aliphatic heterocycles. The molecule has 0 bridgehead atoms. The second-order valence-corrected chi connectivity index (χ2v) is 11.8. The van der Waals surface area contributed by atoms with E-state index in [1.807, 2.05) is 0 Å². The average Bonchev–Trinajstić information content (AvgIpc) is 3.51. The van der Waals surface area contributed by atoms with Crippen LogP contribution in [0.2, 0.25) is 0 Å². The highest BCUT2D eigenvalue weighted by Gasteiger charge is 2.54. The Morgan fingerprint density at radius 2 is 1.09 bits per heavy atom. The number of benzene rings is 4. The highest BCUT2D eigenvalue weighted by atomic mass is 32.1. The van der Waals surface area contributed by atoms with Crippen molar-refractivity contribution in [3.05, 3.63) is 144 Å². The zero-order chi connectivity index (χ0) is 37.6. The maximum absolute atomic E-state index is 13.6. The minimum Gasteiger partial charge on any atom is -0.465 e. The maximum Gasteiger partial charge on any atom is 0.338 e. The molecule has 0 radical (unpaired) electrons. The third kappa shape index (κ3) is 10.7. The van der Waals surface area contributed by atoms with Crippen LogP contribution < -0.4 is 10.6 Å². The first kappa shape index (κ1) is 38.1. The van der Waals surface area contributed by atoms with Crippen molar-refractivity contribution < 1.29 is 52.4 Å². The summed E-state index contributed by atoms with van der Waals surface area (Å²) in [7, 11) is 0. The summed E-state index contributed by atoms with van der Waals surface area (Å²) in [5, 5.41) is 5.45. The number of carbonyl (C=O) groups excluding carboxylic acids is 5. The van der Waals surface area contributed by atoms with Gasteiger partial charge < -0.3 is 39.1 Å². The summed E-state index contributed by atoms with van der Waals surface area (Å²) in [4.78, 5) is 65.7. The third-order valence-electron chi connectivity index (χ3n) is 7.75. The predicted molar refractivity (Wildman–Crippen MR) is 193 cm³/mol. The third-order valence-corrected chi connectivity index (χ3v) is 8.01. The van der Waals surface area contributed by atoms with Gasteiger partial charge >= 0.3 is 29.8 Å². The number of hydrogen-bond donors (Lipinski definition) is 2. The van der Waals surface area contributed by atoms with Crippen molar-refractivity contribution >= 4 is 47.2 Å². The molecule has 0 amide bonds. The first-order valence-corrected chi connectivity index (χ1v) is 17.0. The molecule has 5 atom stereocenters. The lowest BCUT2D eigenvalue weighted by molar-refractivity contribution is -0.141. The molecular weight excluding hydrogens is 704 g/mol. The van der Waals surface area contributed by atoms with Gasteiger partial charge in [0.2, 0.25) is 0 Å². The highest BCUT2D eigenvalue weighted by molar-refractivity contribution is 7.80. The Labute approximate surface area is 310 Å². The standard InChI is InChI=1S/C39H36N2O11S/c1-2-47-30(42)23-40-39(53)41-34-33(52-38(46)28-21-13-6-14-22-28)32(51-37(45)27-19-11-5-12-20-27)31(50-34)29(49-36(44)26-17-9-4-10-18-26)24-48-35(43)25-15-7-3-8-16-25/h3-22,29,31-34H,2,23-24H2,1H3,(H2,40,41,53)/t29-,31+,32+,33-,34-/m1/s1. The Balaban J connectivity index is 1.51. The van der Waals surface area contributed by atoms with Crippen molar-refractivity contribution in [3.8, 4) is 0 Å². The molecule has 1 heterocycles. The molecule has 0 saturated carbocycles. The average molecular weight is 741 g/mol. The monoisotopic (exact) mass is 740 g/mol.